The van der Waals surface area contributed by atoms with Crippen molar-refractivity contribution in [2.24, 2.45) is 12.0 Å². The fourth-order valence-electron chi connectivity index (χ4n) is 3.29. The molecule has 1 amide bonds. The van der Waals surface area contributed by atoms with Gasteiger partial charge in [0.2, 0.25) is 0 Å². The number of carbonyl (C=O) groups is 1. The third-order valence-corrected chi connectivity index (χ3v) is 5.09. The van der Waals surface area contributed by atoms with Gasteiger partial charge in [0.25, 0.3) is 0 Å². The number of nitrogens with zero attached hydrogens (tertiary/aromatic N) is 5. The first-order chi connectivity index (χ1) is 14.2. The maximum absolute atomic E-state index is 12.2. The predicted octanol–water partition coefficient (Wildman–Crippen LogP) is 3.51. The van der Waals surface area contributed by atoms with E-state index >= 15 is 0 Å². The zero-order valence-corrected chi connectivity index (χ0v) is 19.7. The molecule has 1 aliphatic rings. The van der Waals surface area contributed by atoms with Crippen LogP contribution in [0.2, 0.25) is 0 Å². The molecule has 1 fully saturated rings. The van der Waals surface area contributed by atoms with Gasteiger partial charge in [-0.1, -0.05) is 0 Å². The van der Waals surface area contributed by atoms with Crippen molar-refractivity contribution in [3.05, 3.63) is 40.6 Å². The van der Waals surface area contributed by atoms with Gasteiger partial charge in [-0.2, -0.15) is 0 Å². The maximum Gasteiger partial charge on any atom is 0.410 e. The van der Waals surface area contributed by atoms with Crippen molar-refractivity contribution < 1.29 is 9.53 Å². The van der Waals surface area contributed by atoms with Gasteiger partial charge in [0, 0.05) is 57.8 Å². The minimum absolute atomic E-state index is 0.242. The van der Waals surface area contributed by atoms with E-state index in [4.69, 9.17) is 4.74 Å². The predicted molar refractivity (Wildman–Crippen MR) is 122 cm³/mol. The first kappa shape index (κ1) is 22.1. The van der Waals surface area contributed by atoms with Crippen molar-refractivity contribution in [1.82, 2.24) is 14.5 Å². The Balaban J connectivity index is 1.63. The summed E-state index contributed by atoms with van der Waals surface area (Å²) in [6.07, 6.45) is 1.63. The molecule has 1 aromatic carbocycles. The molecule has 8 nitrogen and oxygen atoms in total. The summed E-state index contributed by atoms with van der Waals surface area (Å²) in [5.74, 6) is 0.688. The van der Waals surface area contributed by atoms with Gasteiger partial charge in [0.1, 0.15) is 10.2 Å². The first-order valence-corrected chi connectivity index (χ1v) is 10.7. The molecule has 162 valence electrons. The van der Waals surface area contributed by atoms with Gasteiger partial charge in [0.05, 0.1) is 0 Å². The highest BCUT2D eigenvalue weighted by Crippen LogP contribution is 2.22. The van der Waals surface area contributed by atoms with Crippen LogP contribution in [0.15, 0.2) is 40.1 Å². The summed E-state index contributed by atoms with van der Waals surface area (Å²) in [4.78, 5) is 25.1. The number of hydrogen-bond donors (Lipinski definition) is 1. The number of anilines is 3. The Bertz CT molecular complexity index is 957. The van der Waals surface area contributed by atoms with Crippen molar-refractivity contribution in [2.45, 2.75) is 26.4 Å². The molecule has 1 N–H and O–H groups in total. The monoisotopic (exact) mass is 476 g/mol. The van der Waals surface area contributed by atoms with Crippen LogP contribution in [-0.4, -0.2) is 59.4 Å². The number of nitrogens with one attached hydrogen (secondary N) is 1. The van der Waals surface area contributed by atoms with E-state index in [0.717, 1.165) is 34.6 Å². The number of amides is 1. The lowest BCUT2D eigenvalue weighted by Crippen LogP contribution is -2.50. The molecule has 0 bridgehead atoms. The summed E-state index contributed by atoms with van der Waals surface area (Å²) < 4.78 is 8.12. The molecule has 3 rings (SSSR count). The standard InChI is InChI=1S/C21H29BrN6O2/c1-21(2,3)30-20(29)28-12-10-27(11-13-28)16-8-6-15(7-9-16)24-18-19(23-4)26(5)14-17(22)25-18/h6-9,14H,10-13H2,1-5H3,(H,24,25). The quantitative estimate of drug-likeness (QED) is 0.733. The largest absolute Gasteiger partial charge is 0.444 e. The van der Waals surface area contributed by atoms with E-state index < -0.39 is 5.60 Å². The molecule has 1 saturated heterocycles. The highest BCUT2D eigenvalue weighted by molar-refractivity contribution is 9.10. The second kappa shape index (κ2) is 9.07. The average Bonchev–Trinajstić information content (AvgIpc) is 2.67. The van der Waals surface area contributed by atoms with Crippen molar-refractivity contribution in [3.63, 3.8) is 0 Å². The Kier molecular flexibility index (Phi) is 6.70. The topological polar surface area (TPSA) is 75.0 Å². The molecule has 0 radical (unpaired) electrons. The zero-order valence-electron chi connectivity index (χ0n) is 18.1. The fraction of sp³-hybridized carbons (Fsp3) is 0.476. The number of halogens is 1. The summed E-state index contributed by atoms with van der Waals surface area (Å²) in [6, 6.07) is 8.20. The zero-order chi connectivity index (χ0) is 21.9. The van der Waals surface area contributed by atoms with Gasteiger partial charge in [-0.3, -0.25) is 4.99 Å². The van der Waals surface area contributed by atoms with Crippen LogP contribution >= 0.6 is 15.9 Å². The van der Waals surface area contributed by atoms with Crippen LogP contribution in [0.3, 0.4) is 0 Å². The normalized spacial score (nSPS) is 15.3. The molecule has 0 unspecified atom stereocenters. The number of rotatable bonds is 3. The lowest BCUT2D eigenvalue weighted by molar-refractivity contribution is 0.0240. The van der Waals surface area contributed by atoms with Crippen molar-refractivity contribution in [1.29, 1.82) is 0 Å². The van der Waals surface area contributed by atoms with E-state index in [1.165, 1.54) is 0 Å². The average molecular weight is 477 g/mol. The number of hydrogen-bond acceptors (Lipinski definition) is 6. The van der Waals surface area contributed by atoms with Crippen molar-refractivity contribution >= 4 is 39.2 Å². The van der Waals surface area contributed by atoms with Gasteiger partial charge in [-0.05, 0) is 61.0 Å². The van der Waals surface area contributed by atoms with E-state index in [0.29, 0.717) is 18.9 Å². The summed E-state index contributed by atoms with van der Waals surface area (Å²) in [7, 11) is 3.68. The molecule has 9 heteroatoms. The Hall–Kier alpha value is -2.55. The van der Waals surface area contributed by atoms with E-state index in [9.17, 15) is 4.79 Å². The molecule has 1 aromatic heterocycles. The van der Waals surface area contributed by atoms with Crippen LogP contribution < -0.4 is 15.7 Å². The van der Waals surface area contributed by atoms with E-state index in [-0.39, 0.29) is 6.09 Å². The fourth-order valence-corrected chi connectivity index (χ4v) is 3.77. The van der Waals surface area contributed by atoms with Gasteiger partial charge in [-0.15, -0.1) is 0 Å². The second-order valence-electron chi connectivity index (χ2n) is 8.20. The number of piperazine rings is 1. The lowest BCUT2D eigenvalue weighted by Gasteiger charge is -2.36. The Morgan fingerprint density at radius 3 is 2.37 bits per heavy atom. The highest BCUT2D eigenvalue weighted by atomic mass is 79.9. The number of aromatic nitrogens is 2. The van der Waals surface area contributed by atoms with Gasteiger partial charge in [-0.25, -0.2) is 9.78 Å². The number of benzene rings is 1. The minimum Gasteiger partial charge on any atom is -0.444 e. The van der Waals surface area contributed by atoms with Gasteiger partial charge in [0.15, 0.2) is 11.3 Å². The van der Waals surface area contributed by atoms with Crippen LogP contribution in [-0.2, 0) is 11.8 Å². The minimum atomic E-state index is -0.470. The molecular weight excluding hydrogens is 448 g/mol. The maximum atomic E-state index is 12.2. The van der Waals surface area contributed by atoms with E-state index in [2.05, 4.69) is 48.3 Å². The van der Waals surface area contributed by atoms with Crippen molar-refractivity contribution in [3.8, 4) is 0 Å². The Labute approximate surface area is 185 Å². The van der Waals surface area contributed by atoms with Crippen LogP contribution in [0.5, 0.6) is 0 Å². The molecule has 0 aliphatic carbocycles. The molecule has 0 spiro atoms. The number of carbonyl (C=O) groups excluding carboxylic acids is 1. The molecule has 30 heavy (non-hydrogen) atoms. The third kappa shape index (κ3) is 5.53. The number of ether oxygens (including phenoxy) is 1. The second-order valence-corrected chi connectivity index (χ2v) is 9.01. The Morgan fingerprint density at radius 2 is 1.80 bits per heavy atom. The summed E-state index contributed by atoms with van der Waals surface area (Å²) in [5, 5.41) is 3.34. The summed E-state index contributed by atoms with van der Waals surface area (Å²) in [5.41, 5.74) is 2.35. The highest BCUT2D eigenvalue weighted by Gasteiger charge is 2.25. The third-order valence-electron chi connectivity index (χ3n) is 4.70. The van der Waals surface area contributed by atoms with Gasteiger partial charge >= 0.3 is 6.09 Å². The molecule has 0 saturated carbocycles. The van der Waals surface area contributed by atoms with Crippen LogP contribution in [0.4, 0.5) is 22.0 Å². The summed E-state index contributed by atoms with van der Waals surface area (Å²) in [6.45, 7) is 8.50. The van der Waals surface area contributed by atoms with E-state index in [1.807, 2.05) is 50.7 Å². The molecule has 2 heterocycles. The van der Waals surface area contributed by atoms with Gasteiger partial charge < -0.3 is 24.4 Å². The first-order valence-electron chi connectivity index (χ1n) is 9.92. The SMILES string of the molecule is CN=c1c(Nc2ccc(N3CCN(C(=O)OC(C)(C)C)CC3)cc2)nc(Br)cn1C. The number of aryl methyl sites for hydroxylation is 1. The summed E-state index contributed by atoms with van der Waals surface area (Å²) >= 11 is 3.43. The molecule has 1 aliphatic heterocycles. The van der Waals surface area contributed by atoms with Crippen LogP contribution in [0.25, 0.3) is 0 Å². The smallest absolute Gasteiger partial charge is 0.410 e. The van der Waals surface area contributed by atoms with Crippen molar-refractivity contribution in [2.75, 3.05) is 43.4 Å². The van der Waals surface area contributed by atoms with Crippen LogP contribution in [0.1, 0.15) is 20.8 Å². The molecular formula is C21H29BrN6O2. The molecule has 2 aromatic rings. The Morgan fingerprint density at radius 1 is 1.17 bits per heavy atom. The van der Waals surface area contributed by atoms with Crippen LogP contribution in [0, 0.1) is 0 Å². The molecule has 0 atom stereocenters. The lowest BCUT2D eigenvalue weighted by atomic mass is 10.2. The van der Waals surface area contributed by atoms with E-state index in [1.54, 1.807) is 11.9 Å².